The third-order valence-electron chi connectivity index (χ3n) is 2.43. The summed E-state index contributed by atoms with van der Waals surface area (Å²) in [6.07, 6.45) is 1.70. The fourth-order valence-corrected chi connectivity index (χ4v) is 1.30. The Labute approximate surface area is 99.9 Å². The summed E-state index contributed by atoms with van der Waals surface area (Å²) in [7, 11) is 0. The number of nitrogens with zero attached hydrogens (tertiary/aromatic N) is 1. The maximum atomic E-state index is 11.7. The highest BCUT2D eigenvalue weighted by Crippen LogP contribution is 2.06. The van der Waals surface area contributed by atoms with Gasteiger partial charge in [0.25, 0.3) is 0 Å². The van der Waals surface area contributed by atoms with E-state index in [9.17, 15) is 9.59 Å². The van der Waals surface area contributed by atoms with Gasteiger partial charge in [0.05, 0.1) is 12.1 Å². The molecule has 0 aliphatic carbocycles. The minimum absolute atomic E-state index is 0.0867. The van der Waals surface area contributed by atoms with Crippen LogP contribution >= 0.6 is 0 Å². The van der Waals surface area contributed by atoms with Gasteiger partial charge < -0.3 is 10.4 Å². The Bertz CT molecular complexity index is 441. The monoisotopic (exact) mass is 236 g/mol. The van der Waals surface area contributed by atoms with E-state index in [1.54, 1.807) is 12.3 Å². The predicted octanol–water partition coefficient (Wildman–Crippen LogP) is 0.912. The molecule has 0 aliphatic heterocycles. The van der Waals surface area contributed by atoms with Crippen LogP contribution in [0.15, 0.2) is 18.3 Å². The first-order valence-electron chi connectivity index (χ1n) is 5.28. The SMILES string of the molecule is Cc1cccnc1CC(=O)NC(C)(C)C(=O)O. The summed E-state index contributed by atoms with van der Waals surface area (Å²) in [4.78, 5) is 26.6. The van der Waals surface area contributed by atoms with E-state index in [1.165, 1.54) is 13.8 Å². The molecule has 5 nitrogen and oxygen atoms in total. The average Bonchev–Trinajstić information content (AvgIpc) is 2.20. The van der Waals surface area contributed by atoms with Gasteiger partial charge in [-0.25, -0.2) is 4.79 Å². The minimum atomic E-state index is -1.26. The second-order valence-corrected chi connectivity index (χ2v) is 4.42. The molecule has 0 fully saturated rings. The summed E-state index contributed by atoms with van der Waals surface area (Å²) in [5.74, 6) is -1.41. The van der Waals surface area contributed by atoms with Crippen molar-refractivity contribution in [3.05, 3.63) is 29.6 Å². The van der Waals surface area contributed by atoms with Crippen LogP contribution in [0.4, 0.5) is 0 Å². The molecule has 17 heavy (non-hydrogen) atoms. The number of rotatable bonds is 4. The molecule has 0 atom stereocenters. The van der Waals surface area contributed by atoms with E-state index in [-0.39, 0.29) is 12.3 Å². The first kappa shape index (κ1) is 13.2. The standard InChI is InChI=1S/C12H16N2O3/c1-8-5-4-6-13-9(8)7-10(15)14-12(2,3)11(16)17/h4-6H,7H2,1-3H3,(H,14,15)(H,16,17). The van der Waals surface area contributed by atoms with Crippen LogP contribution in [-0.2, 0) is 16.0 Å². The highest BCUT2D eigenvalue weighted by Gasteiger charge is 2.28. The average molecular weight is 236 g/mol. The Morgan fingerprint density at radius 3 is 2.65 bits per heavy atom. The number of amides is 1. The van der Waals surface area contributed by atoms with Crippen molar-refractivity contribution >= 4 is 11.9 Å². The van der Waals surface area contributed by atoms with Gasteiger partial charge in [-0.3, -0.25) is 9.78 Å². The molecule has 1 rings (SSSR count). The lowest BCUT2D eigenvalue weighted by Crippen LogP contribution is -2.50. The Morgan fingerprint density at radius 1 is 1.47 bits per heavy atom. The van der Waals surface area contributed by atoms with Crippen LogP contribution < -0.4 is 5.32 Å². The van der Waals surface area contributed by atoms with Gasteiger partial charge in [0, 0.05) is 6.20 Å². The molecule has 2 N–H and O–H groups in total. The number of carboxylic acid groups (broad SMARTS) is 1. The number of aryl methyl sites for hydroxylation is 1. The number of nitrogens with one attached hydrogen (secondary N) is 1. The minimum Gasteiger partial charge on any atom is -0.480 e. The zero-order chi connectivity index (χ0) is 13.1. The van der Waals surface area contributed by atoms with Gasteiger partial charge in [0.15, 0.2) is 0 Å². The first-order valence-corrected chi connectivity index (χ1v) is 5.28. The van der Waals surface area contributed by atoms with Crippen LogP contribution in [0.5, 0.6) is 0 Å². The summed E-state index contributed by atoms with van der Waals surface area (Å²) in [5.41, 5.74) is 0.307. The maximum absolute atomic E-state index is 11.7. The van der Waals surface area contributed by atoms with Crippen molar-refractivity contribution in [2.75, 3.05) is 0 Å². The summed E-state index contributed by atoms with van der Waals surface area (Å²) in [5, 5.41) is 11.3. The number of carbonyl (C=O) groups excluding carboxylic acids is 1. The van der Waals surface area contributed by atoms with Gasteiger partial charge in [-0.2, -0.15) is 0 Å². The molecular formula is C12H16N2O3. The lowest BCUT2D eigenvalue weighted by Gasteiger charge is -2.20. The Morgan fingerprint density at radius 2 is 2.12 bits per heavy atom. The van der Waals surface area contributed by atoms with Crippen molar-refractivity contribution in [1.29, 1.82) is 0 Å². The maximum Gasteiger partial charge on any atom is 0.328 e. The van der Waals surface area contributed by atoms with E-state index in [0.717, 1.165) is 5.56 Å². The molecule has 0 aliphatic rings. The zero-order valence-electron chi connectivity index (χ0n) is 10.2. The molecule has 92 valence electrons. The molecule has 0 saturated carbocycles. The molecular weight excluding hydrogens is 220 g/mol. The Hall–Kier alpha value is -1.91. The van der Waals surface area contributed by atoms with Gasteiger partial charge in [-0.05, 0) is 32.4 Å². The van der Waals surface area contributed by atoms with Crippen molar-refractivity contribution in [2.45, 2.75) is 32.7 Å². The quantitative estimate of drug-likeness (QED) is 0.814. The third kappa shape index (κ3) is 3.55. The Kier molecular flexibility index (Phi) is 3.83. The number of hydrogen-bond donors (Lipinski definition) is 2. The van der Waals surface area contributed by atoms with Crippen LogP contribution in [0.3, 0.4) is 0 Å². The molecule has 5 heteroatoms. The van der Waals surface area contributed by atoms with Crippen LogP contribution in [0.1, 0.15) is 25.1 Å². The van der Waals surface area contributed by atoms with Gasteiger partial charge >= 0.3 is 5.97 Å². The topological polar surface area (TPSA) is 79.3 Å². The van der Waals surface area contributed by atoms with Crippen LogP contribution in [0.25, 0.3) is 0 Å². The third-order valence-corrected chi connectivity index (χ3v) is 2.43. The van der Waals surface area contributed by atoms with Crippen molar-refractivity contribution < 1.29 is 14.7 Å². The van der Waals surface area contributed by atoms with E-state index in [0.29, 0.717) is 5.69 Å². The number of carboxylic acids is 1. The number of aromatic nitrogens is 1. The molecule has 0 unspecified atom stereocenters. The van der Waals surface area contributed by atoms with Gasteiger partial charge in [0.2, 0.25) is 5.91 Å². The smallest absolute Gasteiger partial charge is 0.328 e. The van der Waals surface area contributed by atoms with Crippen LogP contribution in [0, 0.1) is 6.92 Å². The molecule has 0 aromatic carbocycles. The van der Waals surface area contributed by atoms with Crippen molar-refractivity contribution in [2.24, 2.45) is 0 Å². The molecule has 1 aromatic heterocycles. The molecule has 1 amide bonds. The molecule has 0 bridgehead atoms. The number of hydrogen-bond acceptors (Lipinski definition) is 3. The second-order valence-electron chi connectivity index (χ2n) is 4.42. The number of pyridine rings is 1. The Balaban J connectivity index is 2.69. The zero-order valence-corrected chi connectivity index (χ0v) is 10.2. The summed E-state index contributed by atoms with van der Waals surface area (Å²) < 4.78 is 0. The fraction of sp³-hybridized carbons (Fsp3) is 0.417. The molecule has 0 saturated heterocycles. The molecule has 0 radical (unpaired) electrons. The predicted molar refractivity (Wildman–Crippen MR) is 62.5 cm³/mol. The lowest BCUT2D eigenvalue weighted by molar-refractivity contribution is -0.145. The van der Waals surface area contributed by atoms with E-state index in [1.807, 2.05) is 13.0 Å². The summed E-state index contributed by atoms with van der Waals surface area (Å²) in [6.45, 7) is 4.75. The first-order chi connectivity index (χ1) is 7.83. The number of aliphatic carboxylic acids is 1. The lowest BCUT2D eigenvalue weighted by atomic mass is 10.1. The van der Waals surface area contributed by atoms with E-state index in [2.05, 4.69) is 10.3 Å². The normalized spacial score (nSPS) is 11.0. The second kappa shape index (κ2) is 4.95. The molecule has 1 heterocycles. The van der Waals surface area contributed by atoms with Crippen LogP contribution in [-0.4, -0.2) is 27.5 Å². The van der Waals surface area contributed by atoms with Crippen LogP contribution in [0.2, 0.25) is 0 Å². The van der Waals surface area contributed by atoms with E-state index >= 15 is 0 Å². The van der Waals surface area contributed by atoms with Gasteiger partial charge in [-0.1, -0.05) is 6.07 Å². The van der Waals surface area contributed by atoms with Crippen molar-refractivity contribution in [1.82, 2.24) is 10.3 Å². The summed E-state index contributed by atoms with van der Waals surface area (Å²) in [6, 6.07) is 3.65. The molecule has 1 aromatic rings. The highest BCUT2D eigenvalue weighted by molar-refractivity contribution is 5.87. The fourth-order valence-electron chi connectivity index (χ4n) is 1.30. The van der Waals surface area contributed by atoms with Crippen molar-refractivity contribution in [3.8, 4) is 0 Å². The largest absolute Gasteiger partial charge is 0.480 e. The van der Waals surface area contributed by atoms with E-state index in [4.69, 9.17) is 5.11 Å². The van der Waals surface area contributed by atoms with E-state index < -0.39 is 11.5 Å². The highest BCUT2D eigenvalue weighted by atomic mass is 16.4. The van der Waals surface area contributed by atoms with Crippen molar-refractivity contribution in [3.63, 3.8) is 0 Å². The number of carbonyl (C=O) groups is 2. The van der Waals surface area contributed by atoms with Gasteiger partial charge in [-0.15, -0.1) is 0 Å². The summed E-state index contributed by atoms with van der Waals surface area (Å²) >= 11 is 0. The molecule has 0 spiro atoms. The van der Waals surface area contributed by atoms with Gasteiger partial charge in [0.1, 0.15) is 5.54 Å².